The number of pyridine rings is 1. The molecule has 5 rings (SSSR count). The van der Waals surface area contributed by atoms with Crippen LogP contribution in [-0.4, -0.2) is 31.8 Å². The molecule has 3 aromatic heterocycles. The molecule has 0 aliphatic heterocycles. The number of nitrogens with one attached hydrogen (secondary N) is 1. The summed E-state index contributed by atoms with van der Waals surface area (Å²) in [5, 5.41) is 11.2. The standard InChI is InChI=1S/C27H24N6O3/c1-19-8-10-21(11-9-19)33(25(34)18-32-24-7-3-2-6-23(24)30-31-32)26(20-12-14-28-15-13-20)27(35)29-17-22-5-4-16-36-22/h2-16,26H,17-18H2,1H3,(H,29,35). The number of aryl methyl sites for hydroxylation is 1. The molecule has 0 saturated carbocycles. The Balaban J connectivity index is 1.54. The molecule has 1 N–H and O–H groups in total. The van der Waals surface area contributed by atoms with Crippen molar-refractivity contribution in [2.45, 2.75) is 26.1 Å². The highest BCUT2D eigenvalue weighted by Crippen LogP contribution is 2.29. The molecule has 36 heavy (non-hydrogen) atoms. The molecule has 3 heterocycles. The number of anilines is 1. The molecule has 2 aromatic carbocycles. The lowest BCUT2D eigenvalue weighted by Crippen LogP contribution is -2.45. The van der Waals surface area contributed by atoms with Crippen molar-refractivity contribution < 1.29 is 14.0 Å². The number of fused-ring (bicyclic) bond motifs is 1. The minimum atomic E-state index is -0.951. The number of carbonyl (C=O) groups is 2. The van der Waals surface area contributed by atoms with Gasteiger partial charge in [0.2, 0.25) is 11.8 Å². The highest BCUT2D eigenvalue weighted by atomic mass is 16.3. The van der Waals surface area contributed by atoms with Gasteiger partial charge in [0.05, 0.1) is 18.3 Å². The average Bonchev–Trinajstić information content (AvgIpc) is 3.57. The lowest BCUT2D eigenvalue weighted by molar-refractivity contribution is -0.127. The topological polar surface area (TPSA) is 106 Å². The molecule has 0 spiro atoms. The zero-order chi connectivity index (χ0) is 24.9. The molecule has 0 radical (unpaired) electrons. The van der Waals surface area contributed by atoms with Gasteiger partial charge >= 0.3 is 0 Å². The van der Waals surface area contributed by atoms with Crippen molar-refractivity contribution in [3.05, 3.63) is 108 Å². The highest BCUT2D eigenvalue weighted by Gasteiger charge is 2.33. The SMILES string of the molecule is Cc1ccc(N(C(=O)Cn2nnc3ccccc32)C(C(=O)NCc2ccco2)c2ccncc2)cc1. The van der Waals surface area contributed by atoms with E-state index in [-0.39, 0.29) is 24.9 Å². The fraction of sp³-hybridized carbons (Fsp3) is 0.148. The molecular weight excluding hydrogens is 456 g/mol. The number of rotatable bonds is 8. The van der Waals surface area contributed by atoms with Gasteiger partial charge < -0.3 is 9.73 Å². The Morgan fingerprint density at radius 3 is 2.53 bits per heavy atom. The number of carbonyl (C=O) groups excluding carboxylic acids is 2. The third-order valence-electron chi connectivity index (χ3n) is 5.83. The van der Waals surface area contributed by atoms with Gasteiger partial charge in [0.25, 0.3) is 0 Å². The molecule has 9 nitrogen and oxygen atoms in total. The van der Waals surface area contributed by atoms with Gasteiger partial charge in [-0.2, -0.15) is 0 Å². The molecule has 0 aliphatic rings. The van der Waals surface area contributed by atoms with Gasteiger partial charge in [-0.05, 0) is 61.0 Å². The zero-order valence-corrected chi connectivity index (χ0v) is 19.6. The summed E-state index contributed by atoms with van der Waals surface area (Å²) in [5.74, 6) is -0.0569. The summed E-state index contributed by atoms with van der Waals surface area (Å²) in [5.41, 5.74) is 3.67. The summed E-state index contributed by atoms with van der Waals surface area (Å²) >= 11 is 0. The molecular formula is C27H24N6O3. The van der Waals surface area contributed by atoms with Gasteiger partial charge in [0, 0.05) is 18.1 Å². The van der Waals surface area contributed by atoms with E-state index in [1.165, 1.54) is 4.90 Å². The number of hydrogen-bond donors (Lipinski definition) is 1. The van der Waals surface area contributed by atoms with Gasteiger partial charge in [-0.3, -0.25) is 19.5 Å². The largest absolute Gasteiger partial charge is 0.467 e. The second-order valence-corrected chi connectivity index (χ2v) is 8.32. The van der Waals surface area contributed by atoms with Crippen LogP contribution in [0.5, 0.6) is 0 Å². The average molecular weight is 481 g/mol. The number of hydrogen-bond acceptors (Lipinski definition) is 6. The fourth-order valence-corrected chi connectivity index (χ4v) is 4.03. The van der Waals surface area contributed by atoms with Crippen molar-refractivity contribution in [1.82, 2.24) is 25.3 Å². The van der Waals surface area contributed by atoms with Gasteiger partial charge in [0.1, 0.15) is 23.9 Å². The smallest absolute Gasteiger partial charge is 0.249 e. The minimum absolute atomic E-state index is 0.0958. The fourth-order valence-electron chi connectivity index (χ4n) is 4.03. The second kappa shape index (κ2) is 10.2. The van der Waals surface area contributed by atoms with E-state index in [4.69, 9.17) is 4.42 Å². The summed E-state index contributed by atoms with van der Waals surface area (Å²) in [6.45, 7) is 2.06. The summed E-state index contributed by atoms with van der Waals surface area (Å²) in [6, 6.07) is 21.0. The Morgan fingerprint density at radius 2 is 1.78 bits per heavy atom. The van der Waals surface area contributed by atoms with E-state index in [0.717, 1.165) is 11.1 Å². The molecule has 9 heteroatoms. The first-order valence-electron chi connectivity index (χ1n) is 11.5. The van der Waals surface area contributed by atoms with E-state index in [1.807, 2.05) is 55.5 Å². The first kappa shape index (κ1) is 23.0. The van der Waals surface area contributed by atoms with E-state index in [2.05, 4.69) is 20.6 Å². The Morgan fingerprint density at radius 1 is 1.00 bits per heavy atom. The van der Waals surface area contributed by atoms with Gasteiger partial charge in [-0.25, -0.2) is 4.68 Å². The van der Waals surface area contributed by atoms with E-state index in [1.54, 1.807) is 47.6 Å². The maximum absolute atomic E-state index is 13.9. The van der Waals surface area contributed by atoms with Crippen molar-refractivity contribution in [2.24, 2.45) is 0 Å². The number of furan rings is 1. The molecule has 2 amide bonds. The van der Waals surface area contributed by atoms with Crippen LogP contribution < -0.4 is 10.2 Å². The maximum Gasteiger partial charge on any atom is 0.249 e. The lowest BCUT2D eigenvalue weighted by atomic mass is 10.0. The third kappa shape index (κ3) is 4.85. The molecule has 1 atom stereocenters. The van der Waals surface area contributed by atoms with E-state index in [0.29, 0.717) is 22.5 Å². The van der Waals surface area contributed by atoms with Crippen LogP contribution in [0, 0.1) is 6.92 Å². The molecule has 0 fully saturated rings. The van der Waals surface area contributed by atoms with Crippen LogP contribution in [0.2, 0.25) is 0 Å². The van der Waals surface area contributed by atoms with Crippen molar-refractivity contribution in [3.63, 3.8) is 0 Å². The number of nitrogens with zero attached hydrogens (tertiary/aromatic N) is 5. The summed E-state index contributed by atoms with van der Waals surface area (Å²) < 4.78 is 6.91. The van der Waals surface area contributed by atoms with Gasteiger partial charge in [-0.15, -0.1) is 5.10 Å². The van der Waals surface area contributed by atoms with E-state index >= 15 is 0 Å². The lowest BCUT2D eigenvalue weighted by Gasteiger charge is -2.31. The van der Waals surface area contributed by atoms with Crippen LogP contribution in [0.4, 0.5) is 5.69 Å². The van der Waals surface area contributed by atoms with E-state index in [9.17, 15) is 9.59 Å². The summed E-state index contributed by atoms with van der Waals surface area (Å²) in [4.78, 5) is 33.1. The van der Waals surface area contributed by atoms with Crippen LogP contribution in [-0.2, 0) is 22.7 Å². The Kier molecular flexibility index (Phi) is 6.53. The Hall–Kier alpha value is -4.79. The number of amides is 2. The van der Waals surface area contributed by atoms with Crippen molar-refractivity contribution in [3.8, 4) is 0 Å². The zero-order valence-electron chi connectivity index (χ0n) is 19.6. The molecule has 5 aromatic rings. The molecule has 180 valence electrons. The maximum atomic E-state index is 13.9. The molecule has 0 aliphatic carbocycles. The number of benzene rings is 2. The Bertz CT molecular complexity index is 1460. The van der Waals surface area contributed by atoms with Crippen molar-refractivity contribution in [1.29, 1.82) is 0 Å². The van der Waals surface area contributed by atoms with E-state index < -0.39 is 6.04 Å². The quantitative estimate of drug-likeness (QED) is 0.362. The number of aromatic nitrogens is 4. The van der Waals surface area contributed by atoms with Gasteiger partial charge in [-0.1, -0.05) is 35.0 Å². The Labute approximate surface area is 207 Å². The first-order chi connectivity index (χ1) is 17.6. The van der Waals surface area contributed by atoms with Crippen LogP contribution in [0.1, 0.15) is 22.9 Å². The normalized spacial score (nSPS) is 11.8. The van der Waals surface area contributed by atoms with Crippen LogP contribution in [0.25, 0.3) is 11.0 Å². The van der Waals surface area contributed by atoms with Crippen LogP contribution >= 0.6 is 0 Å². The monoisotopic (exact) mass is 480 g/mol. The molecule has 0 bridgehead atoms. The predicted octanol–water partition coefficient (Wildman–Crippen LogP) is 3.82. The van der Waals surface area contributed by atoms with Crippen molar-refractivity contribution >= 4 is 28.5 Å². The summed E-state index contributed by atoms with van der Waals surface area (Å²) in [6.07, 6.45) is 4.75. The summed E-state index contributed by atoms with van der Waals surface area (Å²) in [7, 11) is 0. The van der Waals surface area contributed by atoms with Crippen LogP contribution in [0.3, 0.4) is 0 Å². The highest BCUT2D eigenvalue weighted by molar-refractivity contribution is 6.01. The van der Waals surface area contributed by atoms with Crippen molar-refractivity contribution in [2.75, 3.05) is 4.90 Å². The van der Waals surface area contributed by atoms with Crippen LogP contribution in [0.15, 0.2) is 95.9 Å². The molecule has 1 unspecified atom stereocenters. The predicted molar refractivity (Wildman–Crippen MR) is 134 cm³/mol. The minimum Gasteiger partial charge on any atom is -0.467 e. The second-order valence-electron chi connectivity index (χ2n) is 8.32. The third-order valence-corrected chi connectivity index (χ3v) is 5.83. The molecule has 0 saturated heterocycles. The number of para-hydroxylation sites is 1. The van der Waals surface area contributed by atoms with Gasteiger partial charge in [0.15, 0.2) is 0 Å². The first-order valence-corrected chi connectivity index (χ1v) is 11.5.